The van der Waals surface area contributed by atoms with Gasteiger partial charge in [0, 0.05) is 24.2 Å². The summed E-state index contributed by atoms with van der Waals surface area (Å²) >= 11 is 0. The molecule has 1 N–H and O–H groups in total. The molecule has 0 spiro atoms. The Kier molecular flexibility index (Phi) is 3.75. The van der Waals surface area contributed by atoms with E-state index in [1.165, 1.54) is 36.6 Å². The second kappa shape index (κ2) is 5.53. The number of nitrogens with one attached hydrogen (secondary N) is 1. The summed E-state index contributed by atoms with van der Waals surface area (Å²) in [5, 5.41) is 5.07. The molecule has 1 atom stereocenters. The summed E-state index contributed by atoms with van der Waals surface area (Å²) in [6.07, 6.45) is 7.30. The lowest BCUT2D eigenvalue weighted by atomic mass is 9.73. The molecule has 1 aromatic heterocycles. The Labute approximate surface area is 121 Å². The number of para-hydroxylation sites is 1. The van der Waals surface area contributed by atoms with Gasteiger partial charge in [-0.2, -0.15) is 0 Å². The second-order valence-electron chi connectivity index (χ2n) is 6.66. The van der Waals surface area contributed by atoms with Gasteiger partial charge in [0.15, 0.2) is 0 Å². The minimum atomic E-state index is 0.418. The molecule has 1 aliphatic rings. The zero-order valence-electron chi connectivity index (χ0n) is 12.5. The Balaban J connectivity index is 1.77. The van der Waals surface area contributed by atoms with Crippen LogP contribution in [0.3, 0.4) is 0 Å². The van der Waals surface area contributed by atoms with E-state index < -0.39 is 0 Å². The SMILES string of the molecule is CC1(C)CCCCC1NCc1ccnc2ccccc12. The molecule has 3 rings (SSSR count). The first-order valence-electron chi connectivity index (χ1n) is 7.73. The van der Waals surface area contributed by atoms with Gasteiger partial charge in [-0.05, 0) is 36.0 Å². The van der Waals surface area contributed by atoms with E-state index in [2.05, 4.69) is 54.5 Å². The van der Waals surface area contributed by atoms with Crippen molar-refractivity contribution in [1.29, 1.82) is 0 Å². The predicted octanol–water partition coefficient (Wildman–Crippen LogP) is 4.29. The maximum absolute atomic E-state index is 4.44. The number of pyridine rings is 1. The average Bonchev–Trinajstić information content (AvgIpc) is 2.46. The van der Waals surface area contributed by atoms with Crippen molar-refractivity contribution >= 4 is 10.9 Å². The van der Waals surface area contributed by atoms with Crippen molar-refractivity contribution in [3.05, 3.63) is 42.1 Å². The van der Waals surface area contributed by atoms with Crippen LogP contribution in [-0.2, 0) is 6.54 Å². The van der Waals surface area contributed by atoms with Crippen LogP contribution in [0.15, 0.2) is 36.5 Å². The van der Waals surface area contributed by atoms with Crippen molar-refractivity contribution in [2.45, 2.75) is 52.1 Å². The Morgan fingerprint density at radius 2 is 2.05 bits per heavy atom. The minimum Gasteiger partial charge on any atom is -0.309 e. The normalized spacial score (nSPS) is 22.0. The number of nitrogens with zero attached hydrogens (tertiary/aromatic N) is 1. The average molecular weight is 268 g/mol. The molecule has 0 amide bonds. The Morgan fingerprint density at radius 3 is 2.90 bits per heavy atom. The van der Waals surface area contributed by atoms with Gasteiger partial charge in [-0.1, -0.05) is 44.9 Å². The van der Waals surface area contributed by atoms with Gasteiger partial charge in [0.2, 0.25) is 0 Å². The minimum absolute atomic E-state index is 0.418. The van der Waals surface area contributed by atoms with Gasteiger partial charge in [-0.3, -0.25) is 4.98 Å². The van der Waals surface area contributed by atoms with E-state index in [0.717, 1.165) is 12.1 Å². The van der Waals surface area contributed by atoms with Crippen LogP contribution in [0.5, 0.6) is 0 Å². The third-order valence-corrected chi connectivity index (χ3v) is 4.79. The van der Waals surface area contributed by atoms with Gasteiger partial charge in [0.05, 0.1) is 5.52 Å². The summed E-state index contributed by atoms with van der Waals surface area (Å²) in [4.78, 5) is 4.44. The third kappa shape index (κ3) is 2.71. The summed E-state index contributed by atoms with van der Waals surface area (Å²) in [5.41, 5.74) is 2.87. The molecule has 2 aromatic rings. The van der Waals surface area contributed by atoms with Crippen molar-refractivity contribution < 1.29 is 0 Å². The molecular weight excluding hydrogens is 244 g/mol. The maximum Gasteiger partial charge on any atom is 0.0705 e. The first-order valence-corrected chi connectivity index (χ1v) is 7.73. The lowest BCUT2D eigenvalue weighted by Gasteiger charge is -2.39. The summed E-state index contributed by atoms with van der Waals surface area (Å²) in [5.74, 6) is 0. The summed E-state index contributed by atoms with van der Waals surface area (Å²) in [6, 6.07) is 11.2. The molecule has 0 saturated heterocycles. The van der Waals surface area contributed by atoms with Gasteiger partial charge in [-0.25, -0.2) is 0 Å². The van der Waals surface area contributed by atoms with Crippen LogP contribution in [-0.4, -0.2) is 11.0 Å². The second-order valence-corrected chi connectivity index (χ2v) is 6.66. The fraction of sp³-hybridized carbons (Fsp3) is 0.500. The van der Waals surface area contributed by atoms with E-state index in [0.29, 0.717) is 11.5 Å². The molecule has 1 fully saturated rings. The molecule has 106 valence electrons. The van der Waals surface area contributed by atoms with E-state index in [1.807, 2.05) is 6.20 Å². The van der Waals surface area contributed by atoms with Crippen molar-refractivity contribution in [1.82, 2.24) is 10.3 Å². The highest BCUT2D eigenvalue weighted by Crippen LogP contribution is 2.35. The topological polar surface area (TPSA) is 24.9 Å². The van der Waals surface area contributed by atoms with Crippen LogP contribution in [0, 0.1) is 5.41 Å². The monoisotopic (exact) mass is 268 g/mol. The molecule has 20 heavy (non-hydrogen) atoms. The van der Waals surface area contributed by atoms with Crippen LogP contribution < -0.4 is 5.32 Å². The quantitative estimate of drug-likeness (QED) is 0.898. The van der Waals surface area contributed by atoms with Crippen molar-refractivity contribution in [3.63, 3.8) is 0 Å². The fourth-order valence-electron chi connectivity index (χ4n) is 3.41. The van der Waals surface area contributed by atoms with E-state index >= 15 is 0 Å². The molecular formula is C18H24N2. The summed E-state index contributed by atoms with van der Waals surface area (Å²) in [6.45, 7) is 5.74. The fourth-order valence-corrected chi connectivity index (χ4v) is 3.41. The zero-order valence-corrected chi connectivity index (χ0v) is 12.5. The molecule has 1 aliphatic carbocycles. The molecule has 0 bridgehead atoms. The predicted molar refractivity (Wildman–Crippen MR) is 84.6 cm³/mol. The number of benzene rings is 1. The van der Waals surface area contributed by atoms with Crippen LogP contribution in [0.2, 0.25) is 0 Å². The number of fused-ring (bicyclic) bond motifs is 1. The molecule has 2 nitrogen and oxygen atoms in total. The number of aromatic nitrogens is 1. The van der Waals surface area contributed by atoms with Gasteiger partial charge < -0.3 is 5.32 Å². The van der Waals surface area contributed by atoms with E-state index in [1.54, 1.807) is 0 Å². The molecule has 0 radical (unpaired) electrons. The Bertz CT molecular complexity index is 583. The first kappa shape index (κ1) is 13.6. The van der Waals surface area contributed by atoms with Crippen LogP contribution in [0.25, 0.3) is 10.9 Å². The largest absolute Gasteiger partial charge is 0.309 e. The Hall–Kier alpha value is -1.41. The first-order chi connectivity index (χ1) is 9.67. The van der Waals surface area contributed by atoms with Crippen LogP contribution in [0.4, 0.5) is 0 Å². The van der Waals surface area contributed by atoms with Crippen LogP contribution in [0.1, 0.15) is 45.1 Å². The number of hydrogen-bond donors (Lipinski definition) is 1. The highest BCUT2D eigenvalue weighted by atomic mass is 14.9. The van der Waals surface area contributed by atoms with Crippen molar-refractivity contribution in [3.8, 4) is 0 Å². The zero-order chi connectivity index (χ0) is 14.0. The highest BCUT2D eigenvalue weighted by molar-refractivity contribution is 5.81. The van der Waals surface area contributed by atoms with E-state index in [-0.39, 0.29) is 0 Å². The standard InChI is InChI=1S/C18H24N2/c1-18(2)11-6-5-9-17(18)20-13-14-10-12-19-16-8-4-3-7-15(14)16/h3-4,7-8,10,12,17,20H,5-6,9,11,13H2,1-2H3. The van der Waals surface area contributed by atoms with E-state index in [9.17, 15) is 0 Å². The molecule has 1 aromatic carbocycles. The number of rotatable bonds is 3. The molecule has 1 unspecified atom stereocenters. The van der Waals surface area contributed by atoms with Gasteiger partial charge in [-0.15, -0.1) is 0 Å². The van der Waals surface area contributed by atoms with E-state index in [4.69, 9.17) is 0 Å². The smallest absolute Gasteiger partial charge is 0.0705 e. The molecule has 0 aliphatic heterocycles. The maximum atomic E-state index is 4.44. The van der Waals surface area contributed by atoms with Crippen molar-refractivity contribution in [2.24, 2.45) is 5.41 Å². The van der Waals surface area contributed by atoms with Crippen molar-refractivity contribution in [2.75, 3.05) is 0 Å². The summed E-state index contributed by atoms with van der Waals surface area (Å²) in [7, 11) is 0. The van der Waals surface area contributed by atoms with Gasteiger partial charge in [0.1, 0.15) is 0 Å². The molecule has 2 heteroatoms. The lowest BCUT2D eigenvalue weighted by molar-refractivity contribution is 0.167. The lowest BCUT2D eigenvalue weighted by Crippen LogP contribution is -2.43. The Morgan fingerprint density at radius 1 is 1.20 bits per heavy atom. The number of hydrogen-bond acceptors (Lipinski definition) is 2. The molecule has 1 heterocycles. The third-order valence-electron chi connectivity index (χ3n) is 4.79. The van der Waals surface area contributed by atoms with Gasteiger partial charge >= 0.3 is 0 Å². The molecule has 1 saturated carbocycles. The van der Waals surface area contributed by atoms with Crippen LogP contribution >= 0.6 is 0 Å². The summed E-state index contributed by atoms with van der Waals surface area (Å²) < 4.78 is 0. The highest BCUT2D eigenvalue weighted by Gasteiger charge is 2.31. The van der Waals surface area contributed by atoms with Gasteiger partial charge in [0.25, 0.3) is 0 Å².